The maximum absolute atomic E-state index is 12.9. The summed E-state index contributed by atoms with van der Waals surface area (Å²) in [5, 5.41) is 2.71. The molecule has 1 saturated heterocycles. The summed E-state index contributed by atoms with van der Waals surface area (Å²) in [7, 11) is 3.09. The Morgan fingerprint density at radius 2 is 1.71 bits per heavy atom. The van der Waals surface area contributed by atoms with Gasteiger partial charge in [0.15, 0.2) is 5.78 Å². The Hall–Kier alpha value is -3.35. The van der Waals surface area contributed by atoms with E-state index in [4.69, 9.17) is 9.47 Å². The van der Waals surface area contributed by atoms with E-state index in [9.17, 15) is 14.4 Å². The van der Waals surface area contributed by atoms with Crippen molar-refractivity contribution in [3.8, 4) is 11.5 Å². The van der Waals surface area contributed by atoms with Crippen LogP contribution in [0.4, 0.5) is 4.79 Å². The Morgan fingerprint density at radius 3 is 2.36 bits per heavy atom. The molecular formula is C21H22N2O5. The summed E-state index contributed by atoms with van der Waals surface area (Å²) in [6.07, 6.45) is 0.259. The van der Waals surface area contributed by atoms with E-state index in [2.05, 4.69) is 5.32 Å². The molecule has 3 rings (SSSR count). The van der Waals surface area contributed by atoms with Crippen molar-refractivity contribution in [3.05, 3.63) is 59.7 Å². The molecule has 7 nitrogen and oxygen atoms in total. The number of imide groups is 1. The van der Waals surface area contributed by atoms with E-state index >= 15 is 0 Å². The van der Waals surface area contributed by atoms with Gasteiger partial charge in [-0.2, -0.15) is 0 Å². The molecule has 1 fully saturated rings. The van der Waals surface area contributed by atoms with Crippen molar-refractivity contribution in [1.29, 1.82) is 0 Å². The van der Waals surface area contributed by atoms with Gasteiger partial charge in [0.2, 0.25) is 0 Å². The Morgan fingerprint density at radius 1 is 1.04 bits per heavy atom. The van der Waals surface area contributed by atoms with Crippen LogP contribution in [-0.4, -0.2) is 48.9 Å². The SMILES string of the molecule is COc1ccc(C(=O)CN2C(=O)N[C@](C)(Cc3ccccc3OC)C2=O)cc1. The van der Waals surface area contributed by atoms with Gasteiger partial charge >= 0.3 is 6.03 Å². The van der Waals surface area contributed by atoms with Crippen molar-refractivity contribution in [3.63, 3.8) is 0 Å². The van der Waals surface area contributed by atoms with E-state index in [0.717, 1.165) is 10.5 Å². The highest BCUT2D eigenvalue weighted by Gasteiger charge is 2.48. The minimum Gasteiger partial charge on any atom is -0.497 e. The topological polar surface area (TPSA) is 84.9 Å². The number of ketones is 1. The van der Waals surface area contributed by atoms with Gasteiger partial charge in [-0.1, -0.05) is 18.2 Å². The molecule has 0 unspecified atom stereocenters. The maximum atomic E-state index is 12.9. The second-order valence-electron chi connectivity index (χ2n) is 6.79. The third-order valence-corrected chi connectivity index (χ3v) is 4.80. The Labute approximate surface area is 163 Å². The molecule has 0 aliphatic carbocycles. The number of carbonyl (C=O) groups excluding carboxylic acids is 3. The summed E-state index contributed by atoms with van der Waals surface area (Å²) < 4.78 is 10.4. The molecule has 0 spiro atoms. The van der Waals surface area contributed by atoms with E-state index in [1.54, 1.807) is 44.4 Å². The molecule has 3 amide bonds. The molecular weight excluding hydrogens is 360 g/mol. The molecule has 2 aromatic carbocycles. The lowest BCUT2D eigenvalue weighted by Crippen LogP contribution is -2.46. The quantitative estimate of drug-likeness (QED) is 0.587. The Bertz CT molecular complexity index is 909. The van der Waals surface area contributed by atoms with Crippen LogP contribution in [0.15, 0.2) is 48.5 Å². The standard InChI is InChI=1S/C21H22N2O5/c1-21(12-15-6-4-5-7-18(15)28-3)19(25)23(20(26)22-21)13-17(24)14-8-10-16(27-2)11-9-14/h4-11H,12-13H2,1-3H3,(H,22,26)/t21-/m1/s1. The molecule has 7 heteroatoms. The molecule has 1 aliphatic rings. The molecule has 1 N–H and O–H groups in total. The smallest absolute Gasteiger partial charge is 0.325 e. The Kier molecular flexibility index (Phi) is 5.35. The first-order valence-electron chi connectivity index (χ1n) is 8.81. The minimum absolute atomic E-state index is 0.259. The van der Waals surface area contributed by atoms with Crippen LogP contribution in [0, 0.1) is 0 Å². The largest absolute Gasteiger partial charge is 0.497 e. The number of urea groups is 1. The van der Waals surface area contributed by atoms with Crippen LogP contribution < -0.4 is 14.8 Å². The van der Waals surface area contributed by atoms with Crippen LogP contribution in [0.2, 0.25) is 0 Å². The average Bonchev–Trinajstić information content (AvgIpc) is 2.91. The molecule has 0 bridgehead atoms. The van der Waals surface area contributed by atoms with Crippen molar-refractivity contribution < 1.29 is 23.9 Å². The maximum Gasteiger partial charge on any atom is 0.325 e. The molecule has 1 aliphatic heterocycles. The van der Waals surface area contributed by atoms with Crippen molar-refractivity contribution in [2.45, 2.75) is 18.9 Å². The van der Waals surface area contributed by atoms with E-state index in [-0.39, 0.29) is 18.7 Å². The molecule has 0 radical (unpaired) electrons. The highest BCUT2D eigenvalue weighted by molar-refractivity contribution is 6.11. The third kappa shape index (κ3) is 3.69. The van der Waals surface area contributed by atoms with Crippen LogP contribution >= 0.6 is 0 Å². The fraction of sp³-hybridized carbons (Fsp3) is 0.286. The summed E-state index contributed by atoms with van der Waals surface area (Å²) in [5.74, 6) is 0.493. The number of Topliss-reactive ketones (excluding diaryl/α,β-unsaturated/α-hetero) is 1. The number of carbonyl (C=O) groups is 3. The molecule has 1 atom stereocenters. The van der Waals surface area contributed by atoms with Gasteiger partial charge in [-0.15, -0.1) is 0 Å². The number of nitrogens with zero attached hydrogens (tertiary/aromatic N) is 1. The summed E-state index contributed by atoms with van der Waals surface area (Å²) >= 11 is 0. The fourth-order valence-corrected chi connectivity index (χ4v) is 3.25. The number of hydrogen-bond donors (Lipinski definition) is 1. The zero-order chi connectivity index (χ0) is 20.3. The zero-order valence-electron chi connectivity index (χ0n) is 16.0. The van der Waals surface area contributed by atoms with Crippen molar-refractivity contribution in [1.82, 2.24) is 10.2 Å². The van der Waals surface area contributed by atoms with E-state index < -0.39 is 17.5 Å². The van der Waals surface area contributed by atoms with Crippen molar-refractivity contribution in [2.75, 3.05) is 20.8 Å². The number of hydrogen-bond acceptors (Lipinski definition) is 5. The first kappa shape index (κ1) is 19.4. The number of rotatable bonds is 7. The van der Waals surface area contributed by atoms with Gasteiger partial charge < -0.3 is 14.8 Å². The fourth-order valence-electron chi connectivity index (χ4n) is 3.25. The van der Waals surface area contributed by atoms with Crippen molar-refractivity contribution in [2.24, 2.45) is 0 Å². The van der Waals surface area contributed by atoms with Gasteiger partial charge in [-0.25, -0.2) is 4.79 Å². The second kappa shape index (κ2) is 7.72. The summed E-state index contributed by atoms with van der Waals surface area (Å²) in [5.41, 5.74) is 0.0514. The van der Waals surface area contributed by atoms with E-state index in [1.165, 1.54) is 7.11 Å². The van der Waals surface area contributed by atoms with E-state index in [0.29, 0.717) is 17.1 Å². The molecule has 28 heavy (non-hydrogen) atoms. The highest BCUT2D eigenvalue weighted by atomic mass is 16.5. The second-order valence-corrected chi connectivity index (χ2v) is 6.79. The normalized spacial score (nSPS) is 18.8. The highest BCUT2D eigenvalue weighted by Crippen LogP contribution is 2.27. The van der Waals surface area contributed by atoms with Gasteiger partial charge in [0.1, 0.15) is 17.0 Å². The summed E-state index contributed by atoms with van der Waals surface area (Å²) in [6, 6.07) is 13.3. The predicted molar refractivity (Wildman–Crippen MR) is 103 cm³/mol. The van der Waals surface area contributed by atoms with Crippen LogP contribution in [-0.2, 0) is 11.2 Å². The monoisotopic (exact) mass is 382 g/mol. The van der Waals surface area contributed by atoms with Gasteiger partial charge in [0.25, 0.3) is 5.91 Å². The van der Waals surface area contributed by atoms with Crippen LogP contribution in [0.1, 0.15) is 22.8 Å². The molecule has 0 aromatic heterocycles. The van der Waals surface area contributed by atoms with Crippen LogP contribution in [0.5, 0.6) is 11.5 Å². The Balaban J connectivity index is 1.76. The molecule has 2 aromatic rings. The number of amides is 3. The van der Waals surface area contributed by atoms with E-state index in [1.807, 2.05) is 18.2 Å². The first-order valence-corrected chi connectivity index (χ1v) is 8.81. The van der Waals surface area contributed by atoms with Crippen molar-refractivity contribution >= 4 is 17.7 Å². The van der Waals surface area contributed by atoms with Crippen LogP contribution in [0.3, 0.4) is 0 Å². The average molecular weight is 382 g/mol. The lowest BCUT2D eigenvalue weighted by molar-refractivity contribution is -0.130. The lowest BCUT2D eigenvalue weighted by Gasteiger charge is -2.22. The number of benzene rings is 2. The number of methoxy groups -OCH3 is 2. The lowest BCUT2D eigenvalue weighted by atomic mass is 9.92. The zero-order valence-corrected chi connectivity index (χ0v) is 16.0. The number of nitrogens with one attached hydrogen (secondary N) is 1. The predicted octanol–water partition coefficient (Wildman–Crippen LogP) is 2.44. The number of ether oxygens (including phenoxy) is 2. The summed E-state index contributed by atoms with van der Waals surface area (Å²) in [6.45, 7) is 1.33. The molecule has 1 heterocycles. The van der Waals surface area contributed by atoms with Gasteiger partial charge in [-0.05, 0) is 42.8 Å². The first-order chi connectivity index (χ1) is 13.4. The molecule has 146 valence electrons. The summed E-state index contributed by atoms with van der Waals surface area (Å²) in [4.78, 5) is 38.8. The molecule has 0 saturated carbocycles. The minimum atomic E-state index is -1.15. The van der Waals surface area contributed by atoms with Gasteiger partial charge in [0.05, 0.1) is 20.8 Å². The van der Waals surface area contributed by atoms with Crippen LogP contribution in [0.25, 0.3) is 0 Å². The third-order valence-electron chi connectivity index (χ3n) is 4.80. The van der Waals surface area contributed by atoms with Gasteiger partial charge in [0, 0.05) is 12.0 Å². The van der Waals surface area contributed by atoms with Gasteiger partial charge in [-0.3, -0.25) is 14.5 Å². The number of para-hydroxylation sites is 1.